The van der Waals surface area contributed by atoms with Crippen LogP contribution < -0.4 is 15.5 Å². The van der Waals surface area contributed by atoms with E-state index in [2.05, 4.69) is 63.5 Å². The van der Waals surface area contributed by atoms with Crippen LogP contribution in [-0.2, 0) is 4.74 Å². The van der Waals surface area contributed by atoms with Crippen LogP contribution in [0.1, 0.15) is 25.3 Å². The first-order chi connectivity index (χ1) is 13.2. The standard InChI is InChI=1S/C21H37N5O/c1-4-22-21(24-11-17-27-3)23-10-5-6-12-25-13-15-26(16-14-25)20-9-7-8-19(2)18-20/h7-9,18H,4-6,10-17H2,1-3H3,(H2,22,23,24). The van der Waals surface area contributed by atoms with E-state index < -0.39 is 0 Å². The van der Waals surface area contributed by atoms with E-state index in [9.17, 15) is 0 Å². The van der Waals surface area contributed by atoms with Gasteiger partial charge in [-0.15, -0.1) is 0 Å². The number of nitrogens with one attached hydrogen (secondary N) is 2. The molecule has 6 nitrogen and oxygen atoms in total. The van der Waals surface area contributed by atoms with Gasteiger partial charge in [0.2, 0.25) is 0 Å². The van der Waals surface area contributed by atoms with Gasteiger partial charge < -0.3 is 20.3 Å². The van der Waals surface area contributed by atoms with Gasteiger partial charge in [0.05, 0.1) is 6.61 Å². The van der Waals surface area contributed by atoms with Crippen molar-refractivity contribution in [3.8, 4) is 0 Å². The molecule has 0 bridgehead atoms. The first-order valence-electron chi connectivity index (χ1n) is 10.3. The summed E-state index contributed by atoms with van der Waals surface area (Å²) in [5, 5.41) is 6.56. The van der Waals surface area contributed by atoms with Crippen LogP contribution in [0.4, 0.5) is 5.69 Å². The van der Waals surface area contributed by atoms with Crippen LogP contribution in [0, 0.1) is 6.92 Å². The van der Waals surface area contributed by atoms with Crippen LogP contribution >= 0.6 is 0 Å². The number of unbranched alkanes of at least 4 members (excludes halogenated alkanes) is 1. The zero-order chi connectivity index (χ0) is 19.3. The molecule has 0 saturated carbocycles. The van der Waals surface area contributed by atoms with Crippen LogP contribution in [0.2, 0.25) is 0 Å². The van der Waals surface area contributed by atoms with E-state index in [4.69, 9.17) is 4.74 Å². The van der Waals surface area contributed by atoms with E-state index in [-0.39, 0.29) is 0 Å². The zero-order valence-corrected chi connectivity index (χ0v) is 17.3. The molecule has 1 saturated heterocycles. The summed E-state index contributed by atoms with van der Waals surface area (Å²) in [5.41, 5.74) is 2.70. The van der Waals surface area contributed by atoms with Gasteiger partial charge in [0.15, 0.2) is 5.96 Å². The quantitative estimate of drug-likeness (QED) is 0.373. The predicted octanol–water partition coefficient (Wildman–Crippen LogP) is 2.10. The monoisotopic (exact) mass is 375 g/mol. The Morgan fingerprint density at radius 3 is 2.67 bits per heavy atom. The molecule has 0 unspecified atom stereocenters. The Labute approximate surface area is 165 Å². The first kappa shape index (κ1) is 21.5. The van der Waals surface area contributed by atoms with Gasteiger partial charge in [0.1, 0.15) is 0 Å². The fraction of sp³-hybridized carbons (Fsp3) is 0.667. The molecule has 0 aliphatic carbocycles. The predicted molar refractivity (Wildman–Crippen MR) is 115 cm³/mol. The maximum atomic E-state index is 5.07. The van der Waals surface area contributed by atoms with Crippen molar-refractivity contribution in [2.24, 2.45) is 4.99 Å². The fourth-order valence-corrected chi connectivity index (χ4v) is 3.31. The maximum absolute atomic E-state index is 5.07. The van der Waals surface area contributed by atoms with Crippen molar-refractivity contribution in [2.75, 3.05) is 71.0 Å². The first-order valence-corrected chi connectivity index (χ1v) is 10.3. The van der Waals surface area contributed by atoms with E-state index in [1.54, 1.807) is 7.11 Å². The van der Waals surface area contributed by atoms with Gasteiger partial charge in [-0.25, -0.2) is 0 Å². The minimum absolute atomic E-state index is 0.693. The number of hydrogen-bond donors (Lipinski definition) is 2. The maximum Gasteiger partial charge on any atom is 0.191 e. The molecule has 1 heterocycles. The van der Waals surface area contributed by atoms with Gasteiger partial charge in [0, 0.05) is 58.6 Å². The average molecular weight is 376 g/mol. The lowest BCUT2D eigenvalue weighted by molar-refractivity contribution is 0.203. The van der Waals surface area contributed by atoms with Gasteiger partial charge in [0.25, 0.3) is 0 Å². The molecule has 1 aliphatic heterocycles. The molecule has 1 aliphatic rings. The van der Waals surface area contributed by atoms with Crippen molar-refractivity contribution in [3.05, 3.63) is 29.8 Å². The summed E-state index contributed by atoms with van der Waals surface area (Å²) in [6.45, 7) is 13.2. The molecule has 0 atom stereocenters. The van der Waals surface area contributed by atoms with E-state index in [1.807, 2.05) is 0 Å². The smallest absolute Gasteiger partial charge is 0.191 e. The lowest BCUT2D eigenvalue weighted by Gasteiger charge is -2.36. The van der Waals surface area contributed by atoms with E-state index in [1.165, 1.54) is 24.2 Å². The number of aryl methyl sites for hydroxylation is 1. The number of hydrogen-bond acceptors (Lipinski definition) is 4. The van der Waals surface area contributed by atoms with Crippen LogP contribution in [0.3, 0.4) is 0 Å². The SMILES string of the molecule is CCNC(=NCCCCN1CCN(c2cccc(C)c2)CC1)NCCOC. The molecule has 1 fully saturated rings. The lowest BCUT2D eigenvalue weighted by Crippen LogP contribution is -2.46. The summed E-state index contributed by atoms with van der Waals surface area (Å²) < 4.78 is 5.07. The van der Waals surface area contributed by atoms with Crippen molar-refractivity contribution in [1.29, 1.82) is 0 Å². The van der Waals surface area contributed by atoms with Gasteiger partial charge in [-0.3, -0.25) is 9.89 Å². The zero-order valence-electron chi connectivity index (χ0n) is 17.3. The molecule has 1 aromatic rings. The summed E-state index contributed by atoms with van der Waals surface area (Å²) in [7, 11) is 1.71. The third kappa shape index (κ3) is 8.18. The number of methoxy groups -OCH3 is 1. The summed E-state index contributed by atoms with van der Waals surface area (Å²) >= 11 is 0. The Morgan fingerprint density at radius 2 is 1.96 bits per heavy atom. The number of anilines is 1. The number of aliphatic imine (C=N–C) groups is 1. The van der Waals surface area contributed by atoms with Crippen LogP contribution in [0.5, 0.6) is 0 Å². The van der Waals surface area contributed by atoms with Crippen molar-refractivity contribution in [3.63, 3.8) is 0 Å². The summed E-state index contributed by atoms with van der Waals surface area (Å²) in [4.78, 5) is 9.72. The Kier molecular flexibility index (Phi) is 10.0. The second-order valence-electron chi connectivity index (χ2n) is 7.06. The Balaban J connectivity index is 1.61. The highest BCUT2D eigenvalue weighted by Gasteiger charge is 2.16. The number of rotatable bonds is 10. The van der Waals surface area contributed by atoms with E-state index >= 15 is 0 Å². The lowest BCUT2D eigenvalue weighted by atomic mass is 10.2. The topological polar surface area (TPSA) is 52.1 Å². The molecule has 6 heteroatoms. The minimum atomic E-state index is 0.693. The van der Waals surface area contributed by atoms with E-state index in [0.717, 1.165) is 58.2 Å². The highest BCUT2D eigenvalue weighted by Crippen LogP contribution is 2.17. The molecular weight excluding hydrogens is 338 g/mol. The fourth-order valence-electron chi connectivity index (χ4n) is 3.31. The number of piperazine rings is 1. The van der Waals surface area contributed by atoms with Crippen molar-refractivity contribution >= 4 is 11.6 Å². The molecule has 2 N–H and O–H groups in total. The summed E-state index contributed by atoms with van der Waals surface area (Å²) in [6.07, 6.45) is 2.32. The highest BCUT2D eigenvalue weighted by molar-refractivity contribution is 5.79. The summed E-state index contributed by atoms with van der Waals surface area (Å²) in [5.74, 6) is 0.890. The van der Waals surface area contributed by atoms with Gasteiger partial charge >= 0.3 is 0 Å². The minimum Gasteiger partial charge on any atom is -0.383 e. The number of guanidine groups is 1. The highest BCUT2D eigenvalue weighted by atomic mass is 16.5. The molecule has 0 amide bonds. The molecule has 0 spiro atoms. The molecular formula is C21H37N5O. The molecule has 1 aromatic carbocycles. The number of nitrogens with zero attached hydrogens (tertiary/aromatic N) is 3. The molecule has 0 radical (unpaired) electrons. The number of benzene rings is 1. The van der Waals surface area contributed by atoms with Gasteiger partial charge in [-0.05, 0) is 50.9 Å². The van der Waals surface area contributed by atoms with Gasteiger partial charge in [-0.2, -0.15) is 0 Å². The Morgan fingerprint density at radius 1 is 1.15 bits per heavy atom. The largest absolute Gasteiger partial charge is 0.383 e. The van der Waals surface area contributed by atoms with E-state index in [0.29, 0.717) is 6.61 Å². The van der Waals surface area contributed by atoms with Crippen molar-refractivity contribution in [1.82, 2.24) is 15.5 Å². The van der Waals surface area contributed by atoms with Crippen LogP contribution in [0.25, 0.3) is 0 Å². The van der Waals surface area contributed by atoms with Crippen molar-refractivity contribution < 1.29 is 4.74 Å². The molecule has 152 valence electrons. The molecule has 27 heavy (non-hydrogen) atoms. The second-order valence-corrected chi connectivity index (χ2v) is 7.06. The normalized spacial score (nSPS) is 15.8. The molecule has 2 rings (SSSR count). The number of ether oxygens (including phenoxy) is 1. The third-order valence-corrected chi connectivity index (χ3v) is 4.83. The molecule has 0 aromatic heterocycles. The second kappa shape index (κ2) is 12.6. The van der Waals surface area contributed by atoms with Crippen LogP contribution in [0.15, 0.2) is 29.3 Å². The third-order valence-electron chi connectivity index (χ3n) is 4.83. The Hall–Kier alpha value is -1.79. The van der Waals surface area contributed by atoms with Crippen LogP contribution in [-0.4, -0.2) is 76.9 Å². The Bertz CT molecular complexity index is 555. The summed E-state index contributed by atoms with van der Waals surface area (Å²) in [6, 6.07) is 8.83. The average Bonchev–Trinajstić information content (AvgIpc) is 2.68. The van der Waals surface area contributed by atoms with Gasteiger partial charge in [-0.1, -0.05) is 12.1 Å². The van der Waals surface area contributed by atoms with Crippen molar-refractivity contribution in [2.45, 2.75) is 26.7 Å².